The maximum Gasteiger partial charge on any atom is 0.323 e. The maximum atomic E-state index is 14.7. The Morgan fingerprint density at radius 2 is 1.88 bits per heavy atom. The Morgan fingerprint density at radius 1 is 1.12 bits per heavy atom. The predicted molar refractivity (Wildman–Crippen MR) is 130 cm³/mol. The van der Waals surface area contributed by atoms with E-state index >= 15 is 0 Å². The molecule has 0 unspecified atom stereocenters. The second-order valence-corrected chi connectivity index (χ2v) is 7.61. The molecule has 0 aliphatic heterocycles. The molecule has 0 aliphatic rings. The number of hydrogen-bond donors (Lipinski definition) is 3. The van der Waals surface area contributed by atoms with Crippen LogP contribution in [0.15, 0.2) is 65.7 Å². The molecule has 2 aromatic carbocycles. The fraction of sp³-hybridized carbons (Fsp3) is 0.160. The Kier molecular flexibility index (Phi) is 6.08. The number of carbonyl (C=O) groups excluding carboxylic acids is 1. The summed E-state index contributed by atoms with van der Waals surface area (Å²) in [7, 11) is 1.77. The second-order valence-electron chi connectivity index (χ2n) is 7.61. The second kappa shape index (κ2) is 9.12. The molecular weight excluding hydrogens is 421 g/mol. The highest BCUT2D eigenvalue weighted by Gasteiger charge is 2.16. The fourth-order valence-electron chi connectivity index (χ4n) is 3.77. The molecule has 0 aliphatic carbocycles. The third-order valence-corrected chi connectivity index (χ3v) is 5.44. The molecule has 0 atom stereocenters. The third-order valence-electron chi connectivity index (χ3n) is 5.44. The summed E-state index contributed by atoms with van der Waals surface area (Å²) in [5.74, 6) is 0.0765. The van der Waals surface area contributed by atoms with Gasteiger partial charge in [0.1, 0.15) is 11.6 Å². The number of aromatic nitrogens is 2. The van der Waals surface area contributed by atoms with Crippen LogP contribution in [0.1, 0.15) is 18.1 Å². The monoisotopic (exact) mass is 445 g/mol. The van der Waals surface area contributed by atoms with E-state index in [1.54, 1.807) is 50.6 Å². The summed E-state index contributed by atoms with van der Waals surface area (Å²) < 4.78 is 16.2. The molecule has 0 saturated carbocycles. The van der Waals surface area contributed by atoms with Gasteiger partial charge in [0.15, 0.2) is 0 Å². The highest BCUT2D eigenvalue weighted by Crippen LogP contribution is 2.25. The summed E-state index contributed by atoms with van der Waals surface area (Å²) in [4.78, 5) is 30.1. The van der Waals surface area contributed by atoms with Gasteiger partial charge in [-0.2, -0.15) is 0 Å². The van der Waals surface area contributed by atoms with Crippen molar-refractivity contribution in [3.05, 3.63) is 88.2 Å². The number of halogens is 1. The van der Waals surface area contributed by atoms with Gasteiger partial charge in [-0.3, -0.25) is 9.36 Å². The van der Waals surface area contributed by atoms with Gasteiger partial charge in [0.05, 0.1) is 11.4 Å². The Bertz CT molecular complexity index is 1400. The van der Waals surface area contributed by atoms with E-state index in [1.165, 1.54) is 16.7 Å². The molecule has 0 fully saturated rings. The van der Waals surface area contributed by atoms with Crippen molar-refractivity contribution in [2.45, 2.75) is 20.3 Å². The molecular formula is C25H24FN5O2. The van der Waals surface area contributed by atoms with Crippen LogP contribution in [0.2, 0.25) is 0 Å². The largest absolute Gasteiger partial charge is 0.373 e. The van der Waals surface area contributed by atoms with E-state index in [9.17, 15) is 14.0 Å². The zero-order valence-electron chi connectivity index (χ0n) is 18.6. The molecule has 2 aromatic heterocycles. The van der Waals surface area contributed by atoms with Crippen LogP contribution < -0.4 is 21.5 Å². The third kappa shape index (κ3) is 4.41. The van der Waals surface area contributed by atoms with Crippen molar-refractivity contribution >= 4 is 34.0 Å². The molecule has 0 radical (unpaired) electrons. The number of carbonyl (C=O) groups is 1. The molecule has 0 bridgehead atoms. The summed E-state index contributed by atoms with van der Waals surface area (Å²) >= 11 is 0. The number of aryl methyl sites for hydroxylation is 2. The van der Waals surface area contributed by atoms with Gasteiger partial charge in [0, 0.05) is 36.1 Å². The summed E-state index contributed by atoms with van der Waals surface area (Å²) in [5.41, 5.74) is 2.02. The first-order chi connectivity index (χ1) is 15.9. The average Bonchev–Trinajstić information content (AvgIpc) is 2.81. The first-order valence-electron chi connectivity index (χ1n) is 10.6. The topological polar surface area (TPSA) is 88.1 Å². The average molecular weight is 445 g/mol. The van der Waals surface area contributed by atoms with E-state index in [4.69, 9.17) is 0 Å². The SMILES string of the molecule is CCc1c(=O)n(-c2cc(NC(=O)Nc3ccccc3)c(F)cc2C)cc2cnc(NC)cc12. The molecule has 2 amide bonds. The molecule has 4 aromatic rings. The lowest BCUT2D eigenvalue weighted by Crippen LogP contribution is -2.24. The van der Waals surface area contributed by atoms with E-state index in [2.05, 4.69) is 20.9 Å². The van der Waals surface area contributed by atoms with Crippen molar-refractivity contribution in [3.8, 4) is 5.69 Å². The minimum Gasteiger partial charge on any atom is -0.373 e. The minimum absolute atomic E-state index is 0.0299. The zero-order chi connectivity index (χ0) is 23.5. The molecule has 168 valence electrons. The summed E-state index contributed by atoms with van der Waals surface area (Å²) in [6.07, 6.45) is 3.91. The summed E-state index contributed by atoms with van der Waals surface area (Å²) in [5, 5.41) is 9.78. The number of rotatable bonds is 5. The van der Waals surface area contributed by atoms with Gasteiger partial charge in [0.2, 0.25) is 0 Å². The van der Waals surface area contributed by atoms with Crippen LogP contribution in [-0.2, 0) is 6.42 Å². The van der Waals surface area contributed by atoms with Crippen molar-refractivity contribution in [1.29, 1.82) is 0 Å². The maximum absolute atomic E-state index is 14.7. The lowest BCUT2D eigenvalue weighted by Gasteiger charge is -2.16. The van der Waals surface area contributed by atoms with Crippen LogP contribution in [0.5, 0.6) is 0 Å². The van der Waals surface area contributed by atoms with E-state index < -0.39 is 11.8 Å². The first-order valence-corrected chi connectivity index (χ1v) is 10.6. The van der Waals surface area contributed by atoms with E-state index in [0.29, 0.717) is 34.7 Å². The number of pyridine rings is 2. The Morgan fingerprint density at radius 3 is 2.58 bits per heavy atom. The van der Waals surface area contributed by atoms with Crippen molar-refractivity contribution in [3.63, 3.8) is 0 Å². The lowest BCUT2D eigenvalue weighted by molar-refractivity contribution is 0.262. The number of para-hydroxylation sites is 1. The normalized spacial score (nSPS) is 10.8. The van der Waals surface area contributed by atoms with Crippen molar-refractivity contribution in [2.75, 3.05) is 23.0 Å². The molecule has 0 spiro atoms. The molecule has 8 heteroatoms. The quantitative estimate of drug-likeness (QED) is 0.400. The van der Waals surface area contributed by atoms with E-state index in [0.717, 1.165) is 10.8 Å². The predicted octanol–water partition coefficient (Wildman–Crippen LogP) is 5.08. The molecule has 0 saturated heterocycles. The standard InChI is InChI=1S/C25H24FN5O2/c1-4-18-19-11-23(27-3)28-13-16(19)14-31(24(18)32)22-12-21(20(26)10-15(22)2)30-25(33)29-17-8-6-5-7-9-17/h5-14,27H,4H2,1-3H3,(H2,29,30,33). The number of nitrogens with zero attached hydrogens (tertiary/aromatic N) is 2. The summed E-state index contributed by atoms with van der Waals surface area (Å²) in [6, 6.07) is 12.9. The Labute approximate surface area is 190 Å². The van der Waals surface area contributed by atoms with Crippen molar-refractivity contribution in [2.24, 2.45) is 0 Å². The molecule has 3 N–H and O–H groups in total. The summed E-state index contributed by atoms with van der Waals surface area (Å²) in [6.45, 7) is 3.63. The molecule has 4 rings (SSSR count). The number of anilines is 3. The molecule has 33 heavy (non-hydrogen) atoms. The number of amides is 2. The van der Waals surface area contributed by atoms with Crippen LogP contribution in [0.3, 0.4) is 0 Å². The number of fused-ring (bicyclic) bond motifs is 1. The smallest absolute Gasteiger partial charge is 0.323 e. The Hall–Kier alpha value is -4.20. The lowest BCUT2D eigenvalue weighted by atomic mass is 10.1. The minimum atomic E-state index is -0.593. The van der Waals surface area contributed by atoms with E-state index in [1.807, 2.05) is 19.1 Å². The van der Waals surface area contributed by atoms with Crippen LogP contribution >= 0.6 is 0 Å². The van der Waals surface area contributed by atoms with Gasteiger partial charge in [0.25, 0.3) is 5.56 Å². The van der Waals surface area contributed by atoms with Gasteiger partial charge in [-0.15, -0.1) is 0 Å². The van der Waals surface area contributed by atoms with Crippen LogP contribution in [0, 0.1) is 12.7 Å². The van der Waals surface area contributed by atoms with Gasteiger partial charge in [-0.1, -0.05) is 25.1 Å². The van der Waals surface area contributed by atoms with Gasteiger partial charge in [-0.05, 0) is 54.6 Å². The molecule has 7 nitrogen and oxygen atoms in total. The number of benzene rings is 2. The highest BCUT2D eigenvalue weighted by molar-refractivity contribution is 6.00. The number of urea groups is 1. The van der Waals surface area contributed by atoms with E-state index in [-0.39, 0.29) is 11.2 Å². The van der Waals surface area contributed by atoms with Crippen LogP contribution in [-0.4, -0.2) is 22.6 Å². The Balaban J connectivity index is 1.77. The first kappa shape index (κ1) is 22.0. The zero-order valence-corrected chi connectivity index (χ0v) is 18.6. The molecule has 2 heterocycles. The fourth-order valence-corrected chi connectivity index (χ4v) is 3.77. The highest BCUT2D eigenvalue weighted by atomic mass is 19.1. The van der Waals surface area contributed by atoms with Crippen LogP contribution in [0.4, 0.5) is 26.4 Å². The van der Waals surface area contributed by atoms with Gasteiger partial charge in [-0.25, -0.2) is 14.2 Å². The number of nitrogens with one attached hydrogen (secondary N) is 3. The van der Waals surface area contributed by atoms with Crippen molar-refractivity contribution in [1.82, 2.24) is 9.55 Å². The van der Waals surface area contributed by atoms with Crippen LogP contribution in [0.25, 0.3) is 16.5 Å². The number of hydrogen-bond acceptors (Lipinski definition) is 4. The van der Waals surface area contributed by atoms with Gasteiger partial charge >= 0.3 is 6.03 Å². The van der Waals surface area contributed by atoms with Crippen molar-refractivity contribution < 1.29 is 9.18 Å². The van der Waals surface area contributed by atoms with Gasteiger partial charge < -0.3 is 16.0 Å².